The van der Waals surface area contributed by atoms with E-state index >= 15 is 0 Å². The highest BCUT2D eigenvalue weighted by Gasteiger charge is 2.68. The first-order valence-corrected chi connectivity index (χ1v) is 11.0. The first kappa shape index (κ1) is 21.1. The van der Waals surface area contributed by atoms with Gasteiger partial charge in [-0.1, -0.05) is 42.8 Å². The molecule has 3 fully saturated rings. The van der Waals surface area contributed by atoms with E-state index < -0.39 is 5.54 Å². The minimum Gasteiger partial charge on any atom is -0.394 e. The van der Waals surface area contributed by atoms with Crippen LogP contribution in [0, 0.1) is 5.92 Å². The lowest BCUT2D eigenvalue weighted by atomic mass is 9.60. The summed E-state index contributed by atoms with van der Waals surface area (Å²) in [6, 6.07) is 8.13. The number of hydrogen-bond acceptors (Lipinski definition) is 4. The number of carbonyl (C=O) groups excluding carboxylic acids is 2. The van der Waals surface area contributed by atoms with Crippen molar-refractivity contribution in [3.8, 4) is 0 Å². The van der Waals surface area contributed by atoms with Crippen LogP contribution in [-0.2, 0) is 9.59 Å². The molecule has 4 rings (SSSR count). The zero-order valence-electron chi connectivity index (χ0n) is 18.3. The van der Waals surface area contributed by atoms with Gasteiger partial charge in [0.15, 0.2) is 0 Å². The quantitative estimate of drug-likeness (QED) is 0.777. The number of likely N-dealkylation sites (tertiary alicyclic amines) is 2. The predicted molar refractivity (Wildman–Crippen MR) is 117 cm³/mol. The molecule has 2 aliphatic heterocycles. The molecule has 1 aromatic carbocycles. The fourth-order valence-electron chi connectivity index (χ4n) is 5.44. The smallest absolute Gasteiger partial charge is 0.237 e. The monoisotopic (exact) mass is 411 g/mol. The number of likely N-dealkylation sites (N-methyl/N-ethyl adjacent to an activating group) is 1. The number of aliphatic hydroxyl groups is 1. The Morgan fingerprint density at radius 2 is 1.87 bits per heavy atom. The average molecular weight is 412 g/mol. The van der Waals surface area contributed by atoms with Crippen LogP contribution in [0.3, 0.4) is 0 Å². The Bertz CT molecular complexity index is 823. The van der Waals surface area contributed by atoms with Crippen molar-refractivity contribution in [2.45, 2.75) is 43.7 Å². The van der Waals surface area contributed by atoms with Crippen molar-refractivity contribution in [3.05, 3.63) is 41.5 Å². The van der Waals surface area contributed by atoms with Crippen LogP contribution in [0.25, 0.3) is 6.08 Å². The Kier molecular flexibility index (Phi) is 5.73. The molecule has 1 saturated carbocycles. The molecule has 1 aromatic rings. The number of amides is 2. The van der Waals surface area contributed by atoms with Crippen LogP contribution < -0.4 is 0 Å². The van der Waals surface area contributed by atoms with Crippen LogP contribution in [0.5, 0.6) is 0 Å². The van der Waals surface area contributed by atoms with E-state index in [9.17, 15) is 14.7 Å². The molecule has 6 nitrogen and oxygen atoms in total. The lowest BCUT2D eigenvalue weighted by molar-refractivity contribution is -0.205. The minimum absolute atomic E-state index is 0.0246. The van der Waals surface area contributed by atoms with Gasteiger partial charge in [-0.2, -0.15) is 0 Å². The van der Waals surface area contributed by atoms with E-state index in [1.165, 1.54) is 0 Å². The van der Waals surface area contributed by atoms with E-state index in [2.05, 4.69) is 30.3 Å². The second-order valence-corrected chi connectivity index (χ2v) is 9.32. The van der Waals surface area contributed by atoms with E-state index in [1.807, 2.05) is 41.8 Å². The standard InChI is InChI=1S/C24H33N3O3/c1-4-6-17-9-11-18(12-10-17)22-20(14-28)27(21(29)13-25(2)3)24(22)15-26(16-24)23(30)19-7-5-8-19/h4,6,9-12,19-20,22,28H,5,7-8,13-16H2,1-3H3/b6-4+/t20-,22-/m1/s1. The van der Waals surface area contributed by atoms with Gasteiger partial charge < -0.3 is 19.8 Å². The van der Waals surface area contributed by atoms with Gasteiger partial charge in [0, 0.05) is 24.9 Å². The highest BCUT2D eigenvalue weighted by atomic mass is 16.3. The summed E-state index contributed by atoms with van der Waals surface area (Å²) >= 11 is 0. The van der Waals surface area contributed by atoms with Gasteiger partial charge >= 0.3 is 0 Å². The summed E-state index contributed by atoms with van der Waals surface area (Å²) in [6.45, 7) is 3.37. The number of carbonyl (C=O) groups is 2. The van der Waals surface area contributed by atoms with E-state index in [0.29, 0.717) is 19.6 Å². The Labute approximate surface area is 179 Å². The Hall–Kier alpha value is -2.18. The van der Waals surface area contributed by atoms with Gasteiger partial charge in [-0.15, -0.1) is 0 Å². The summed E-state index contributed by atoms with van der Waals surface area (Å²) in [5.74, 6) is 0.470. The molecule has 1 spiro atoms. The van der Waals surface area contributed by atoms with Gasteiger partial charge in [0.05, 0.1) is 24.7 Å². The number of aliphatic hydroxyl groups excluding tert-OH is 1. The normalized spacial score (nSPS) is 25.4. The maximum Gasteiger partial charge on any atom is 0.237 e. The average Bonchev–Trinajstić information content (AvgIpc) is 2.59. The molecule has 2 saturated heterocycles. The lowest BCUT2D eigenvalue weighted by Gasteiger charge is -2.70. The predicted octanol–water partition coefficient (Wildman–Crippen LogP) is 1.95. The number of rotatable bonds is 6. The van der Waals surface area contributed by atoms with E-state index in [4.69, 9.17) is 0 Å². The summed E-state index contributed by atoms with van der Waals surface area (Å²) in [5, 5.41) is 10.2. The summed E-state index contributed by atoms with van der Waals surface area (Å²) in [7, 11) is 3.76. The van der Waals surface area contributed by atoms with Gasteiger partial charge in [0.2, 0.25) is 11.8 Å². The van der Waals surface area contributed by atoms with Crippen LogP contribution in [0.4, 0.5) is 0 Å². The third kappa shape index (κ3) is 3.36. The topological polar surface area (TPSA) is 64.1 Å². The van der Waals surface area contributed by atoms with Crippen molar-refractivity contribution in [3.63, 3.8) is 0 Å². The van der Waals surface area contributed by atoms with E-state index in [1.54, 1.807) is 0 Å². The first-order chi connectivity index (χ1) is 14.4. The van der Waals surface area contributed by atoms with Crippen molar-refractivity contribution in [2.75, 3.05) is 40.3 Å². The van der Waals surface area contributed by atoms with Crippen molar-refractivity contribution in [1.29, 1.82) is 0 Å². The van der Waals surface area contributed by atoms with Crippen LogP contribution in [0.2, 0.25) is 0 Å². The van der Waals surface area contributed by atoms with Crippen LogP contribution in [0.15, 0.2) is 30.3 Å². The molecule has 3 aliphatic rings. The molecule has 162 valence electrons. The number of benzene rings is 1. The molecule has 2 heterocycles. The molecule has 2 amide bonds. The van der Waals surface area contributed by atoms with Crippen molar-refractivity contribution >= 4 is 17.9 Å². The zero-order chi connectivity index (χ0) is 21.5. The van der Waals surface area contributed by atoms with E-state index in [0.717, 1.165) is 30.4 Å². The third-order valence-electron chi connectivity index (χ3n) is 7.03. The molecule has 0 unspecified atom stereocenters. The summed E-state index contributed by atoms with van der Waals surface area (Å²) in [4.78, 5) is 31.5. The number of nitrogens with zero attached hydrogens (tertiary/aromatic N) is 3. The summed E-state index contributed by atoms with van der Waals surface area (Å²) in [6.07, 6.45) is 7.17. The molecular weight excluding hydrogens is 378 g/mol. The molecule has 1 aliphatic carbocycles. The molecule has 2 atom stereocenters. The second-order valence-electron chi connectivity index (χ2n) is 9.32. The number of allylic oxidation sites excluding steroid dienone is 1. The highest BCUT2D eigenvalue weighted by Crippen LogP contribution is 2.54. The summed E-state index contributed by atoms with van der Waals surface area (Å²) < 4.78 is 0. The first-order valence-electron chi connectivity index (χ1n) is 11.0. The molecular formula is C24H33N3O3. The molecule has 30 heavy (non-hydrogen) atoms. The number of hydrogen-bond donors (Lipinski definition) is 1. The maximum atomic E-state index is 13.1. The molecule has 6 heteroatoms. The Morgan fingerprint density at radius 1 is 1.20 bits per heavy atom. The highest BCUT2D eigenvalue weighted by molar-refractivity contribution is 5.85. The Balaban J connectivity index is 1.60. The van der Waals surface area contributed by atoms with Crippen molar-refractivity contribution < 1.29 is 14.7 Å². The second kappa shape index (κ2) is 8.16. The van der Waals surface area contributed by atoms with Crippen LogP contribution in [0.1, 0.15) is 43.2 Å². The lowest BCUT2D eigenvalue weighted by Crippen LogP contribution is -2.86. The van der Waals surface area contributed by atoms with Gasteiger partial charge in [-0.05, 0) is 45.0 Å². The van der Waals surface area contributed by atoms with Crippen LogP contribution in [-0.4, -0.2) is 83.5 Å². The van der Waals surface area contributed by atoms with Gasteiger partial charge in [-0.25, -0.2) is 0 Å². The van der Waals surface area contributed by atoms with Gasteiger partial charge in [0.25, 0.3) is 0 Å². The maximum absolute atomic E-state index is 13.1. The van der Waals surface area contributed by atoms with Crippen molar-refractivity contribution in [2.24, 2.45) is 5.92 Å². The minimum atomic E-state index is -0.401. The fraction of sp³-hybridized carbons (Fsp3) is 0.583. The SMILES string of the molecule is C/C=C/c1ccc([C@@H]2[C@@H](CO)N(C(=O)CN(C)C)C23CN(C(=O)C2CCC2)C3)cc1. The molecule has 0 radical (unpaired) electrons. The summed E-state index contributed by atoms with van der Waals surface area (Å²) in [5.41, 5.74) is 1.86. The van der Waals surface area contributed by atoms with Crippen molar-refractivity contribution in [1.82, 2.24) is 14.7 Å². The van der Waals surface area contributed by atoms with E-state index in [-0.39, 0.29) is 36.3 Å². The zero-order valence-corrected chi connectivity index (χ0v) is 18.3. The van der Waals surface area contributed by atoms with Gasteiger partial charge in [-0.3, -0.25) is 9.59 Å². The fourth-order valence-corrected chi connectivity index (χ4v) is 5.44. The van der Waals surface area contributed by atoms with Crippen LogP contribution >= 0.6 is 0 Å². The molecule has 0 bridgehead atoms. The molecule has 1 N–H and O–H groups in total. The third-order valence-corrected chi connectivity index (χ3v) is 7.03. The van der Waals surface area contributed by atoms with Gasteiger partial charge in [0.1, 0.15) is 0 Å². The Morgan fingerprint density at radius 3 is 2.37 bits per heavy atom. The molecule has 0 aromatic heterocycles. The largest absolute Gasteiger partial charge is 0.394 e.